The van der Waals surface area contributed by atoms with Crippen molar-refractivity contribution in [1.29, 1.82) is 0 Å². The van der Waals surface area contributed by atoms with E-state index in [2.05, 4.69) is 31.2 Å². The molecule has 0 saturated carbocycles. The van der Waals surface area contributed by atoms with Crippen molar-refractivity contribution < 1.29 is 4.79 Å². The van der Waals surface area contributed by atoms with Crippen LogP contribution in [0, 0.1) is 0 Å². The van der Waals surface area contributed by atoms with E-state index < -0.39 is 0 Å². The second-order valence-electron chi connectivity index (χ2n) is 4.64. The minimum absolute atomic E-state index is 0.537. The SMILES string of the molecule is CCCCCCC(CC[C]=O)c1ccccc1. The van der Waals surface area contributed by atoms with Crippen molar-refractivity contribution >= 4 is 6.29 Å². The predicted octanol–water partition coefficient (Wildman–Crippen LogP) is 4.63. The second kappa shape index (κ2) is 8.98. The maximum absolute atomic E-state index is 10.4. The number of benzene rings is 1. The summed E-state index contributed by atoms with van der Waals surface area (Å²) in [6.07, 6.45) is 9.90. The Morgan fingerprint density at radius 2 is 1.82 bits per heavy atom. The molecular weight excluding hydrogens is 208 g/mol. The molecule has 1 atom stereocenters. The van der Waals surface area contributed by atoms with Crippen LogP contribution in [0.3, 0.4) is 0 Å². The number of unbranched alkanes of at least 4 members (excludes halogenated alkanes) is 3. The van der Waals surface area contributed by atoms with Gasteiger partial charge >= 0.3 is 0 Å². The largest absolute Gasteiger partial charge is 0.291 e. The van der Waals surface area contributed by atoms with E-state index in [-0.39, 0.29) is 0 Å². The highest BCUT2D eigenvalue weighted by Gasteiger charge is 2.10. The van der Waals surface area contributed by atoms with Gasteiger partial charge in [0.15, 0.2) is 6.29 Å². The van der Waals surface area contributed by atoms with E-state index in [1.807, 2.05) is 12.4 Å². The Morgan fingerprint density at radius 3 is 2.47 bits per heavy atom. The molecule has 1 nitrogen and oxygen atoms in total. The topological polar surface area (TPSA) is 17.1 Å². The van der Waals surface area contributed by atoms with Crippen LogP contribution in [0.15, 0.2) is 30.3 Å². The van der Waals surface area contributed by atoms with E-state index in [1.54, 1.807) is 0 Å². The summed E-state index contributed by atoms with van der Waals surface area (Å²) < 4.78 is 0. The van der Waals surface area contributed by atoms with Crippen molar-refractivity contribution in [2.45, 2.75) is 57.8 Å². The highest BCUT2D eigenvalue weighted by Crippen LogP contribution is 2.26. The molecule has 93 valence electrons. The fourth-order valence-corrected chi connectivity index (χ4v) is 2.25. The Morgan fingerprint density at radius 1 is 1.06 bits per heavy atom. The summed E-state index contributed by atoms with van der Waals surface area (Å²) in [7, 11) is 0. The van der Waals surface area contributed by atoms with Crippen molar-refractivity contribution in [3.05, 3.63) is 35.9 Å². The minimum atomic E-state index is 0.537. The highest BCUT2D eigenvalue weighted by molar-refractivity contribution is 5.50. The predicted molar refractivity (Wildman–Crippen MR) is 72.9 cm³/mol. The third kappa shape index (κ3) is 5.67. The van der Waals surface area contributed by atoms with Crippen LogP contribution in [0.1, 0.15) is 63.4 Å². The van der Waals surface area contributed by atoms with Crippen LogP contribution in [0.4, 0.5) is 0 Å². The molecule has 0 N–H and O–H groups in total. The van der Waals surface area contributed by atoms with Crippen LogP contribution in [0.5, 0.6) is 0 Å². The van der Waals surface area contributed by atoms with Gasteiger partial charge in [0.25, 0.3) is 0 Å². The summed E-state index contributed by atoms with van der Waals surface area (Å²) in [6.45, 7) is 2.23. The van der Waals surface area contributed by atoms with Gasteiger partial charge in [0.2, 0.25) is 0 Å². The summed E-state index contributed by atoms with van der Waals surface area (Å²) in [5, 5.41) is 0. The van der Waals surface area contributed by atoms with E-state index in [0.29, 0.717) is 12.3 Å². The molecule has 0 spiro atoms. The summed E-state index contributed by atoms with van der Waals surface area (Å²) >= 11 is 0. The minimum Gasteiger partial charge on any atom is -0.291 e. The Bertz CT molecular complexity index is 292. The quantitative estimate of drug-likeness (QED) is 0.566. The first-order valence-corrected chi connectivity index (χ1v) is 6.78. The Hall–Kier alpha value is -1.11. The van der Waals surface area contributed by atoms with Crippen LogP contribution >= 0.6 is 0 Å². The highest BCUT2D eigenvalue weighted by atomic mass is 16.1. The van der Waals surface area contributed by atoms with Crippen molar-refractivity contribution in [1.82, 2.24) is 0 Å². The fourth-order valence-electron chi connectivity index (χ4n) is 2.25. The molecule has 0 aliphatic carbocycles. The van der Waals surface area contributed by atoms with Gasteiger partial charge in [-0.3, -0.25) is 4.79 Å². The van der Waals surface area contributed by atoms with Gasteiger partial charge in [0, 0.05) is 6.42 Å². The third-order valence-corrected chi connectivity index (χ3v) is 3.27. The van der Waals surface area contributed by atoms with E-state index in [9.17, 15) is 4.79 Å². The van der Waals surface area contributed by atoms with Crippen molar-refractivity contribution in [2.75, 3.05) is 0 Å². The molecule has 0 aromatic heterocycles. The summed E-state index contributed by atoms with van der Waals surface area (Å²) in [4.78, 5) is 10.4. The summed E-state index contributed by atoms with van der Waals surface area (Å²) in [6, 6.07) is 10.6. The molecule has 1 aromatic carbocycles. The van der Waals surface area contributed by atoms with Crippen molar-refractivity contribution in [3.63, 3.8) is 0 Å². The molecule has 1 aromatic rings. The molecule has 0 amide bonds. The standard InChI is InChI=1S/C16H23O/c1-2-3-4-6-10-16(13-9-14-17)15-11-7-5-8-12-15/h5,7-8,11-12,16H,2-4,6,9-10,13H2,1H3. The van der Waals surface area contributed by atoms with Crippen LogP contribution in [-0.2, 0) is 4.79 Å². The van der Waals surface area contributed by atoms with Gasteiger partial charge in [-0.25, -0.2) is 0 Å². The maximum Gasteiger partial charge on any atom is 0.198 e. The van der Waals surface area contributed by atoms with E-state index >= 15 is 0 Å². The Labute approximate surface area is 105 Å². The van der Waals surface area contributed by atoms with Gasteiger partial charge in [-0.15, -0.1) is 0 Å². The Balaban J connectivity index is 2.45. The van der Waals surface area contributed by atoms with Gasteiger partial charge in [-0.2, -0.15) is 0 Å². The van der Waals surface area contributed by atoms with Crippen molar-refractivity contribution in [2.24, 2.45) is 0 Å². The zero-order chi connectivity index (χ0) is 12.3. The molecule has 1 radical (unpaired) electrons. The fraction of sp³-hybridized carbons (Fsp3) is 0.562. The zero-order valence-electron chi connectivity index (χ0n) is 10.8. The van der Waals surface area contributed by atoms with E-state index in [4.69, 9.17) is 0 Å². The molecule has 0 bridgehead atoms. The lowest BCUT2D eigenvalue weighted by Crippen LogP contribution is -1.99. The summed E-state index contributed by atoms with van der Waals surface area (Å²) in [5.41, 5.74) is 1.37. The lowest BCUT2D eigenvalue weighted by molar-refractivity contribution is 0.513. The normalized spacial score (nSPS) is 12.3. The first kappa shape index (κ1) is 14.0. The smallest absolute Gasteiger partial charge is 0.198 e. The first-order chi connectivity index (χ1) is 8.38. The molecule has 0 aliphatic heterocycles. The lowest BCUT2D eigenvalue weighted by atomic mass is 9.89. The average Bonchev–Trinajstić information content (AvgIpc) is 2.39. The van der Waals surface area contributed by atoms with Crippen molar-refractivity contribution in [3.8, 4) is 0 Å². The van der Waals surface area contributed by atoms with Gasteiger partial charge in [0.1, 0.15) is 0 Å². The molecule has 0 aliphatic rings. The van der Waals surface area contributed by atoms with Crippen LogP contribution in [0.2, 0.25) is 0 Å². The molecule has 1 heteroatoms. The number of hydrogen-bond acceptors (Lipinski definition) is 1. The molecule has 0 fully saturated rings. The zero-order valence-corrected chi connectivity index (χ0v) is 10.8. The molecule has 1 unspecified atom stereocenters. The van der Waals surface area contributed by atoms with Crippen LogP contribution in [0.25, 0.3) is 0 Å². The molecular formula is C16H23O. The average molecular weight is 231 g/mol. The van der Waals surface area contributed by atoms with Gasteiger partial charge in [-0.1, -0.05) is 62.9 Å². The number of rotatable bonds is 9. The second-order valence-corrected chi connectivity index (χ2v) is 4.64. The van der Waals surface area contributed by atoms with Gasteiger partial charge < -0.3 is 0 Å². The third-order valence-electron chi connectivity index (χ3n) is 3.27. The summed E-state index contributed by atoms with van der Waals surface area (Å²) in [5.74, 6) is 0.537. The van der Waals surface area contributed by atoms with E-state index in [0.717, 1.165) is 6.42 Å². The molecule has 0 heterocycles. The maximum atomic E-state index is 10.4. The van der Waals surface area contributed by atoms with Gasteiger partial charge in [-0.05, 0) is 24.3 Å². The van der Waals surface area contributed by atoms with Crippen LogP contribution < -0.4 is 0 Å². The van der Waals surface area contributed by atoms with Crippen LogP contribution in [-0.4, -0.2) is 6.29 Å². The molecule has 17 heavy (non-hydrogen) atoms. The molecule has 0 saturated heterocycles. The van der Waals surface area contributed by atoms with Gasteiger partial charge in [0.05, 0.1) is 0 Å². The monoisotopic (exact) mass is 231 g/mol. The first-order valence-electron chi connectivity index (χ1n) is 6.78. The molecule has 1 rings (SSSR count). The lowest BCUT2D eigenvalue weighted by Gasteiger charge is -2.16. The number of carbonyl (C=O) groups excluding carboxylic acids is 1. The Kier molecular flexibility index (Phi) is 7.37. The number of hydrogen-bond donors (Lipinski definition) is 0. The van der Waals surface area contributed by atoms with E-state index in [1.165, 1.54) is 37.7 Å².